The number of aromatic nitrogens is 1. The highest BCUT2D eigenvalue weighted by atomic mass is 16.3. The Hall–Kier alpha value is -1.68. The molecule has 0 bridgehead atoms. The number of rotatable bonds is 3. The maximum absolute atomic E-state index is 11.5. The first kappa shape index (κ1) is 8.90. The predicted octanol–water partition coefficient (Wildman–Crippen LogP) is 1.23. The van der Waals surface area contributed by atoms with Crippen molar-refractivity contribution in [2.75, 3.05) is 13.6 Å². The monoisotopic (exact) mass is 190 g/mol. The van der Waals surface area contributed by atoms with Gasteiger partial charge in [-0.25, -0.2) is 4.98 Å². The summed E-state index contributed by atoms with van der Waals surface area (Å²) in [4.78, 5) is 15.5. The van der Waals surface area contributed by atoms with Crippen LogP contribution in [0.15, 0.2) is 29.0 Å². The van der Waals surface area contributed by atoms with E-state index >= 15 is 0 Å². The Morgan fingerprint density at radius 3 is 3.29 bits per heavy atom. The summed E-state index contributed by atoms with van der Waals surface area (Å²) in [6, 6.07) is 3.55. The number of hydrogen-bond acceptors (Lipinski definition) is 4. The summed E-state index contributed by atoms with van der Waals surface area (Å²) in [5, 5.41) is 3.70. The average molecular weight is 190 g/mol. The van der Waals surface area contributed by atoms with Crippen LogP contribution >= 0.6 is 0 Å². The van der Waals surface area contributed by atoms with Crippen LogP contribution in [0.25, 0.3) is 11.0 Å². The molecule has 0 atom stereocenters. The molecule has 0 aromatic carbocycles. The third-order valence-corrected chi connectivity index (χ3v) is 1.96. The lowest BCUT2D eigenvalue weighted by Gasteiger charge is -1.98. The van der Waals surface area contributed by atoms with E-state index in [-0.39, 0.29) is 5.78 Å². The number of pyridine rings is 1. The lowest BCUT2D eigenvalue weighted by atomic mass is 10.2. The molecule has 4 heteroatoms. The van der Waals surface area contributed by atoms with E-state index in [1.807, 2.05) is 6.07 Å². The number of furan rings is 1. The zero-order valence-corrected chi connectivity index (χ0v) is 7.78. The molecule has 0 unspecified atom stereocenters. The normalized spacial score (nSPS) is 10.6. The molecule has 1 N–H and O–H groups in total. The van der Waals surface area contributed by atoms with Gasteiger partial charge in [0.05, 0.1) is 19.0 Å². The molecule has 2 heterocycles. The summed E-state index contributed by atoms with van der Waals surface area (Å²) in [6.45, 7) is 0.302. The second-order valence-corrected chi connectivity index (χ2v) is 2.98. The molecule has 0 saturated carbocycles. The van der Waals surface area contributed by atoms with E-state index in [2.05, 4.69) is 10.3 Å². The number of hydrogen-bond donors (Lipinski definition) is 1. The standard InChI is InChI=1S/C10H10N2O2/c1-11-5-9(13)8-4-7-2-3-14-10(7)6-12-8/h2-4,6,11H,5H2,1H3. The lowest BCUT2D eigenvalue weighted by molar-refractivity contribution is 0.0989. The molecule has 0 spiro atoms. The van der Waals surface area contributed by atoms with Crippen LogP contribution in [-0.4, -0.2) is 24.4 Å². The number of Topliss-reactive ketones (excluding diaryl/α,β-unsaturated/α-hetero) is 1. The van der Waals surface area contributed by atoms with Gasteiger partial charge in [0.1, 0.15) is 5.69 Å². The van der Waals surface area contributed by atoms with Gasteiger partial charge >= 0.3 is 0 Å². The minimum atomic E-state index is -0.0180. The fraction of sp³-hybridized carbons (Fsp3) is 0.200. The lowest BCUT2D eigenvalue weighted by Crippen LogP contribution is -2.19. The molecule has 0 fully saturated rings. The molecule has 0 aliphatic carbocycles. The third kappa shape index (κ3) is 1.52. The zero-order valence-electron chi connectivity index (χ0n) is 7.78. The van der Waals surface area contributed by atoms with Crippen molar-refractivity contribution >= 4 is 16.8 Å². The van der Waals surface area contributed by atoms with Crippen LogP contribution in [0.4, 0.5) is 0 Å². The molecule has 72 valence electrons. The van der Waals surface area contributed by atoms with Gasteiger partial charge in [0, 0.05) is 5.39 Å². The first-order valence-electron chi connectivity index (χ1n) is 4.32. The summed E-state index contributed by atoms with van der Waals surface area (Å²) < 4.78 is 5.12. The molecule has 0 amide bonds. The molecule has 2 aromatic heterocycles. The second-order valence-electron chi connectivity index (χ2n) is 2.98. The first-order chi connectivity index (χ1) is 6.81. The molecule has 14 heavy (non-hydrogen) atoms. The Labute approximate surface area is 80.9 Å². The van der Waals surface area contributed by atoms with Crippen molar-refractivity contribution in [3.05, 3.63) is 30.3 Å². The summed E-state index contributed by atoms with van der Waals surface area (Å²) in [7, 11) is 1.73. The van der Waals surface area contributed by atoms with Gasteiger partial charge in [-0.2, -0.15) is 0 Å². The van der Waals surface area contributed by atoms with Gasteiger partial charge in [-0.3, -0.25) is 4.79 Å². The van der Waals surface area contributed by atoms with Gasteiger partial charge in [-0.1, -0.05) is 0 Å². The smallest absolute Gasteiger partial charge is 0.194 e. The van der Waals surface area contributed by atoms with Crippen LogP contribution in [0.5, 0.6) is 0 Å². The quantitative estimate of drug-likeness (QED) is 0.739. The highest BCUT2D eigenvalue weighted by Crippen LogP contribution is 2.14. The maximum Gasteiger partial charge on any atom is 0.194 e. The SMILES string of the molecule is CNCC(=O)c1cc2ccoc2cn1. The fourth-order valence-corrected chi connectivity index (χ4v) is 1.27. The van der Waals surface area contributed by atoms with Crippen LogP contribution in [0, 0.1) is 0 Å². The van der Waals surface area contributed by atoms with Crippen molar-refractivity contribution in [1.29, 1.82) is 0 Å². The number of nitrogens with zero attached hydrogens (tertiary/aromatic N) is 1. The van der Waals surface area contributed by atoms with Crippen LogP contribution in [-0.2, 0) is 0 Å². The Morgan fingerprint density at radius 1 is 1.64 bits per heavy atom. The number of carbonyl (C=O) groups is 1. The minimum Gasteiger partial charge on any atom is -0.463 e. The third-order valence-electron chi connectivity index (χ3n) is 1.96. The number of carbonyl (C=O) groups excluding carboxylic acids is 1. The topological polar surface area (TPSA) is 55.1 Å². The first-order valence-corrected chi connectivity index (χ1v) is 4.32. The number of nitrogens with one attached hydrogen (secondary N) is 1. The average Bonchev–Trinajstić information content (AvgIpc) is 2.64. The Balaban J connectivity index is 2.38. The van der Waals surface area contributed by atoms with E-state index in [1.165, 1.54) is 0 Å². The summed E-state index contributed by atoms with van der Waals surface area (Å²) in [6.07, 6.45) is 3.15. The second kappa shape index (κ2) is 3.59. The molecular formula is C10H10N2O2. The molecule has 2 aromatic rings. The van der Waals surface area contributed by atoms with Crippen LogP contribution in [0.3, 0.4) is 0 Å². The fourth-order valence-electron chi connectivity index (χ4n) is 1.27. The number of likely N-dealkylation sites (N-methyl/N-ethyl adjacent to an activating group) is 1. The molecule has 0 saturated heterocycles. The van der Waals surface area contributed by atoms with Gasteiger partial charge < -0.3 is 9.73 Å². The number of fused-ring (bicyclic) bond motifs is 1. The zero-order chi connectivity index (χ0) is 9.97. The van der Waals surface area contributed by atoms with Crippen molar-refractivity contribution in [2.24, 2.45) is 0 Å². The van der Waals surface area contributed by atoms with E-state index in [1.54, 1.807) is 25.6 Å². The van der Waals surface area contributed by atoms with Gasteiger partial charge in [0.25, 0.3) is 0 Å². The van der Waals surface area contributed by atoms with Crippen molar-refractivity contribution in [1.82, 2.24) is 10.3 Å². The van der Waals surface area contributed by atoms with Gasteiger partial charge in [-0.05, 0) is 19.2 Å². The highest BCUT2D eigenvalue weighted by Gasteiger charge is 2.07. The molecule has 0 radical (unpaired) electrons. The van der Waals surface area contributed by atoms with Crippen molar-refractivity contribution in [2.45, 2.75) is 0 Å². The van der Waals surface area contributed by atoms with E-state index < -0.39 is 0 Å². The van der Waals surface area contributed by atoms with Gasteiger partial charge in [0.15, 0.2) is 11.4 Å². The van der Waals surface area contributed by atoms with Crippen LogP contribution < -0.4 is 5.32 Å². The molecule has 0 aliphatic rings. The summed E-state index contributed by atoms with van der Waals surface area (Å²) >= 11 is 0. The Morgan fingerprint density at radius 2 is 2.50 bits per heavy atom. The molecule has 4 nitrogen and oxygen atoms in total. The van der Waals surface area contributed by atoms with Crippen LogP contribution in [0.1, 0.15) is 10.5 Å². The Bertz CT molecular complexity index is 462. The Kier molecular flexibility index (Phi) is 2.28. The van der Waals surface area contributed by atoms with Crippen molar-refractivity contribution < 1.29 is 9.21 Å². The van der Waals surface area contributed by atoms with E-state index in [9.17, 15) is 4.79 Å². The van der Waals surface area contributed by atoms with Crippen molar-refractivity contribution in [3.63, 3.8) is 0 Å². The number of ketones is 1. The van der Waals surface area contributed by atoms with E-state index in [0.29, 0.717) is 17.8 Å². The summed E-state index contributed by atoms with van der Waals surface area (Å²) in [5.41, 5.74) is 1.17. The van der Waals surface area contributed by atoms with E-state index in [4.69, 9.17) is 4.42 Å². The molecule has 2 rings (SSSR count). The van der Waals surface area contributed by atoms with E-state index in [0.717, 1.165) is 5.39 Å². The van der Waals surface area contributed by atoms with Crippen molar-refractivity contribution in [3.8, 4) is 0 Å². The van der Waals surface area contributed by atoms with Gasteiger partial charge in [-0.15, -0.1) is 0 Å². The minimum absolute atomic E-state index is 0.0180. The largest absolute Gasteiger partial charge is 0.463 e. The molecule has 0 aliphatic heterocycles. The molecular weight excluding hydrogens is 180 g/mol. The maximum atomic E-state index is 11.5. The predicted molar refractivity (Wildman–Crippen MR) is 52.3 cm³/mol. The summed E-state index contributed by atoms with van der Waals surface area (Å²) in [5.74, 6) is -0.0180. The van der Waals surface area contributed by atoms with Gasteiger partial charge in [0.2, 0.25) is 0 Å². The van der Waals surface area contributed by atoms with Crippen LogP contribution in [0.2, 0.25) is 0 Å². The highest BCUT2D eigenvalue weighted by molar-refractivity contribution is 5.98.